The molecule has 0 atom stereocenters. The fourth-order valence-electron chi connectivity index (χ4n) is 2.16. The molecule has 0 amide bonds. The second-order valence-electron chi connectivity index (χ2n) is 3.91. The standard InChI is InChI=1S/C13H18NO/c1-2-15-13-6-4-3-5-12(13)11-7-9-14-10-8-11/h3-5,11,14H,2,7-10H2,1H3. The van der Waals surface area contributed by atoms with Gasteiger partial charge in [0.25, 0.3) is 0 Å². The Kier molecular flexibility index (Phi) is 3.62. The van der Waals surface area contributed by atoms with E-state index < -0.39 is 0 Å². The molecule has 0 spiro atoms. The fourth-order valence-corrected chi connectivity index (χ4v) is 2.16. The van der Waals surface area contributed by atoms with Crippen LogP contribution in [-0.2, 0) is 0 Å². The molecule has 2 rings (SSSR count). The number of rotatable bonds is 3. The first-order valence-electron chi connectivity index (χ1n) is 5.76. The van der Waals surface area contributed by atoms with Gasteiger partial charge in [-0.1, -0.05) is 18.2 Å². The second-order valence-corrected chi connectivity index (χ2v) is 3.91. The molecule has 0 aliphatic carbocycles. The van der Waals surface area contributed by atoms with Crippen LogP contribution in [0.25, 0.3) is 0 Å². The minimum Gasteiger partial charge on any atom is -0.493 e. The number of hydrogen-bond donors (Lipinski definition) is 1. The first-order chi connectivity index (χ1) is 7.42. The van der Waals surface area contributed by atoms with Crippen LogP contribution in [0.15, 0.2) is 18.2 Å². The number of ether oxygens (including phenoxy) is 1. The molecule has 1 aromatic rings. The highest BCUT2D eigenvalue weighted by Crippen LogP contribution is 2.31. The van der Waals surface area contributed by atoms with Crippen molar-refractivity contribution in [2.75, 3.05) is 19.7 Å². The lowest BCUT2D eigenvalue weighted by Gasteiger charge is -2.24. The first-order valence-corrected chi connectivity index (χ1v) is 5.76. The number of hydrogen-bond acceptors (Lipinski definition) is 2. The number of para-hydroxylation sites is 1. The average molecular weight is 204 g/mol. The Labute approximate surface area is 91.6 Å². The largest absolute Gasteiger partial charge is 0.493 e. The molecule has 2 heteroatoms. The summed E-state index contributed by atoms with van der Waals surface area (Å²) in [6, 6.07) is 9.35. The summed E-state index contributed by atoms with van der Waals surface area (Å²) in [6.45, 7) is 4.97. The van der Waals surface area contributed by atoms with Gasteiger partial charge in [-0.2, -0.15) is 0 Å². The Morgan fingerprint density at radius 1 is 1.47 bits per heavy atom. The lowest BCUT2D eigenvalue weighted by atomic mass is 9.90. The van der Waals surface area contributed by atoms with Crippen LogP contribution in [0.4, 0.5) is 0 Å². The molecule has 1 aliphatic rings. The van der Waals surface area contributed by atoms with Crippen LogP contribution >= 0.6 is 0 Å². The van der Waals surface area contributed by atoms with E-state index in [2.05, 4.69) is 23.5 Å². The van der Waals surface area contributed by atoms with Gasteiger partial charge in [0.1, 0.15) is 5.75 Å². The number of benzene rings is 1. The van der Waals surface area contributed by atoms with Gasteiger partial charge in [-0.15, -0.1) is 0 Å². The van der Waals surface area contributed by atoms with Gasteiger partial charge >= 0.3 is 0 Å². The van der Waals surface area contributed by atoms with Gasteiger partial charge in [-0.3, -0.25) is 0 Å². The molecule has 1 saturated heterocycles. The van der Waals surface area contributed by atoms with Crippen molar-refractivity contribution in [3.63, 3.8) is 0 Å². The quantitative estimate of drug-likeness (QED) is 0.816. The van der Waals surface area contributed by atoms with Crippen molar-refractivity contribution in [2.45, 2.75) is 25.7 Å². The Morgan fingerprint density at radius 3 is 3.00 bits per heavy atom. The zero-order valence-corrected chi connectivity index (χ0v) is 9.25. The lowest BCUT2D eigenvalue weighted by molar-refractivity contribution is 0.329. The van der Waals surface area contributed by atoms with Crippen LogP contribution in [0.2, 0.25) is 0 Å². The summed E-state index contributed by atoms with van der Waals surface area (Å²) < 4.78 is 5.61. The van der Waals surface area contributed by atoms with Gasteiger partial charge in [0.05, 0.1) is 6.61 Å². The molecule has 15 heavy (non-hydrogen) atoms. The molecule has 1 aromatic carbocycles. The summed E-state index contributed by atoms with van der Waals surface area (Å²) in [5.41, 5.74) is 1.33. The molecule has 0 aromatic heterocycles. The summed E-state index contributed by atoms with van der Waals surface area (Å²) in [5.74, 6) is 1.59. The maximum Gasteiger partial charge on any atom is 0.130 e. The monoisotopic (exact) mass is 204 g/mol. The average Bonchev–Trinajstić information content (AvgIpc) is 2.31. The zero-order valence-electron chi connectivity index (χ0n) is 9.25. The molecule has 0 bridgehead atoms. The second kappa shape index (κ2) is 5.17. The molecule has 1 fully saturated rings. The highest BCUT2D eigenvalue weighted by Gasteiger charge is 2.18. The summed E-state index contributed by atoms with van der Waals surface area (Å²) in [4.78, 5) is 0. The highest BCUT2D eigenvalue weighted by molar-refractivity contribution is 5.35. The Balaban J connectivity index is 2.17. The van der Waals surface area contributed by atoms with Gasteiger partial charge in [0.15, 0.2) is 0 Å². The van der Waals surface area contributed by atoms with E-state index in [1.807, 2.05) is 13.0 Å². The molecule has 1 radical (unpaired) electrons. The maximum atomic E-state index is 5.61. The SMILES string of the molecule is CCOc1[c]cccc1C1CCNCC1. The van der Waals surface area contributed by atoms with Crippen molar-refractivity contribution >= 4 is 0 Å². The van der Waals surface area contributed by atoms with Crippen molar-refractivity contribution in [2.24, 2.45) is 0 Å². The fraction of sp³-hybridized carbons (Fsp3) is 0.538. The van der Waals surface area contributed by atoms with E-state index in [4.69, 9.17) is 4.74 Å². The van der Waals surface area contributed by atoms with Crippen LogP contribution in [-0.4, -0.2) is 19.7 Å². The third-order valence-corrected chi connectivity index (χ3v) is 2.92. The molecular weight excluding hydrogens is 186 g/mol. The Hall–Kier alpha value is -1.02. The van der Waals surface area contributed by atoms with Crippen LogP contribution in [0.1, 0.15) is 31.2 Å². The molecule has 1 heterocycles. The number of piperidine rings is 1. The third-order valence-electron chi connectivity index (χ3n) is 2.92. The van der Waals surface area contributed by atoms with Gasteiger partial charge in [0, 0.05) is 6.07 Å². The highest BCUT2D eigenvalue weighted by atomic mass is 16.5. The minimum atomic E-state index is 0.644. The zero-order chi connectivity index (χ0) is 10.5. The molecule has 1 aliphatic heterocycles. The lowest BCUT2D eigenvalue weighted by Crippen LogP contribution is -2.26. The van der Waals surface area contributed by atoms with Gasteiger partial charge in [0.2, 0.25) is 0 Å². The molecule has 2 nitrogen and oxygen atoms in total. The van der Waals surface area contributed by atoms with E-state index in [1.54, 1.807) is 0 Å². The van der Waals surface area contributed by atoms with Gasteiger partial charge in [-0.05, 0) is 44.3 Å². The van der Waals surface area contributed by atoms with E-state index in [0.29, 0.717) is 5.92 Å². The van der Waals surface area contributed by atoms with E-state index in [0.717, 1.165) is 25.4 Å². The summed E-state index contributed by atoms with van der Waals surface area (Å²) in [5, 5.41) is 3.38. The van der Waals surface area contributed by atoms with Crippen molar-refractivity contribution in [1.82, 2.24) is 5.32 Å². The Morgan fingerprint density at radius 2 is 2.27 bits per heavy atom. The molecule has 0 saturated carbocycles. The Bertz CT molecular complexity index is 305. The molecule has 81 valence electrons. The minimum absolute atomic E-state index is 0.644. The normalized spacial score (nSPS) is 17.7. The van der Waals surface area contributed by atoms with E-state index in [9.17, 15) is 0 Å². The van der Waals surface area contributed by atoms with E-state index in [1.165, 1.54) is 18.4 Å². The third kappa shape index (κ3) is 2.51. The molecular formula is C13H18NO. The predicted octanol–water partition coefficient (Wildman–Crippen LogP) is 2.35. The van der Waals surface area contributed by atoms with Crippen molar-refractivity contribution in [3.8, 4) is 5.75 Å². The smallest absolute Gasteiger partial charge is 0.130 e. The molecule has 1 N–H and O–H groups in total. The summed E-state index contributed by atoms with van der Waals surface area (Å²) >= 11 is 0. The van der Waals surface area contributed by atoms with E-state index >= 15 is 0 Å². The molecule has 0 unspecified atom stereocenters. The van der Waals surface area contributed by atoms with E-state index in [-0.39, 0.29) is 0 Å². The van der Waals surface area contributed by atoms with Crippen LogP contribution in [0.3, 0.4) is 0 Å². The van der Waals surface area contributed by atoms with Crippen molar-refractivity contribution in [3.05, 3.63) is 29.8 Å². The van der Waals surface area contributed by atoms with Crippen LogP contribution in [0.5, 0.6) is 5.75 Å². The maximum absolute atomic E-state index is 5.61. The van der Waals surface area contributed by atoms with Crippen molar-refractivity contribution < 1.29 is 4.74 Å². The summed E-state index contributed by atoms with van der Waals surface area (Å²) in [6.07, 6.45) is 2.41. The van der Waals surface area contributed by atoms with Crippen LogP contribution in [0, 0.1) is 6.07 Å². The van der Waals surface area contributed by atoms with Crippen molar-refractivity contribution in [1.29, 1.82) is 0 Å². The predicted molar refractivity (Wildman–Crippen MR) is 61.3 cm³/mol. The number of nitrogens with one attached hydrogen (secondary N) is 1. The topological polar surface area (TPSA) is 21.3 Å². The van der Waals surface area contributed by atoms with Crippen LogP contribution < -0.4 is 10.1 Å². The van der Waals surface area contributed by atoms with Gasteiger partial charge in [-0.25, -0.2) is 0 Å². The first kappa shape index (κ1) is 10.5. The summed E-state index contributed by atoms with van der Waals surface area (Å²) in [7, 11) is 0. The van der Waals surface area contributed by atoms with Gasteiger partial charge < -0.3 is 10.1 Å².